The SMILES string of the molecule is CC1CCC(C)(C)C1CCC1(N)CC1. The predicted molar refractivity (Wildman–Crippen MR) is 61.1 cm³/mol. The molecule has 2 atom stereocenters. The minimum absolute atomic E-state index is 0.262. The molecule has 2 rings (SSSR count). The smallest absolute Gasteiger partial charge is 0.0155 e. The summed E-state index contributed by atoms with van der Waals surface area (Å²) in [6, 6.07) is 0. The third-order valence-electron chi connectivity index (χ3n) is 4.78. The van der Waals surface area contributed by atoms with E-state index in [-0.39, 0.29) is 5.54 Å². The minimum Gasteiger partial charge on any atom is -0.325 e. The van der Waals surface area contributed by atoms with Crippen LogP contribution in [0, 0.1) is 17.3 Å². The monoisotopic (exact) mass is 195 g/mol. The van der Waals surface area contributed by atoms with Crippen LogP contribution in [0.3, 0.4) is 0 Å². The average molecular weight is 195 g/mol. The summed E-state index contributed by atoms with van der Waals surface area (Å²) in [5.74, 6) is 1.84. The maximum absolute atomic E-state index is 6.16. The number of hydrogen-bond acceptors (Lipinski definition) is 1. The van der Waals surface area contributed by atoms with E-state index in [9.17, 15) is 0 Å². The second-order valence-corrected chi connectivity index (χ2v) is 6.51. The van der Waals surface area contributed by atoms with E-state index in [1.807, 2.05) is 0 Å². The van der Waals surface area contributed by atoms with Crippen LogP contribution in [0.1, 0.15) is 59.3 Å². The van der Waals surface area contributed by atoms with Crippen molar-refractivity contribution in [1.29, 1.82) is 0 Å². The molecule has 2 aliphatic carbocycles. The molecule has 14 heavy (non-hydrogen) atoms. The first-order valence-electron chi connectivity index (χ1n) is 6.22. The zero-order valence-corrected chi connectivity index (χ0v) is 9.97. The first kappa shape index (κ1) is 10.5. The summed E-state index contributed by atoms with van der Waals surface area (Å²) in [4.78, 5) is 0. The highest BCUT2D eigenvalue weighted by Gasteiger charge is 2.43. The molecule has 0 bridgehead atoms. The molecule has 1 heteroatoms. The molecule has 82 valence electrons. The second kappa shape index (κ2) is 3.23. The van der Waals surface area contributed by atoms with Gasteiger partial charge in [0.05, 0.1) is 0 Å². The van der Waals surface area contributed by atoms with E-state index in [4.69, 9.17) is 5.73 Å². The molecule has 2 aliphatic rings. The summed E-state index contributed by atoms with van der Waals surface area (Å²) in [5, 5.41) is 0. The Morgan fingerprint density at radius 2 is 1.86 bits per heavy atom. The van der Waals surface area contributed by atoms with Crippen LogP contribution in [-0.2, 0) is 0 Å². The molecule has 0 aliphatic heterocycles. The molecule has 2 unspecified atom stereocenters. The average Bonchev–Trinajstić information content (AvgIpc) is 2.74. The lowest BCUT2D eigenvalue weighted by atomic mass is 9.76. The van der Waals surface area contributed by atoms with Crippen LogP contribution in [0.15, 0.2) is 0 Å². The number of nitrogens with two attached hydrogens (primary N) is 1. The summed E-state index contributed by atoms with van der Waals surface area (Å²) in [7, 11) is 0. The van der Waals surface area contributed by atoms with Crippen molar-refractivity contribution in [3.63, 3.8) is 0 Å². The van der Waals surface area contributed by atoms with Crippen LogP contribution < -0.4 is 5.73 Å². The molecule has 1 nitrogen and oxygen atoms in total. The lowest BCUT2D eigenvalue weighted by molar-refractivity contribution is 0.202. The van der Waals surface area contributed by atoms with E-state index in [1.54, 1.807) is 0 Å². The van der Waals surface area contributed by atoms with Crippen LogP contribution in [-0.4, -0.2) is 5.54 Å². The van der Waals surface area contributed by atoms with Gasteiger partial charge in [-0.1, -0.05) is 20.8 Å². The maximum atomic E-state index is 6.16. The Morgan fingerprint density at radius 3 is 2.29 bits per heavy atom. The Kier molecular flexibility index (Phi) is 2.42. The van der Waals surface area contributed by atoms with Gasteiger partial charge in [0.1, 0.15) is 0 Å². The molecular weight excluding hydrogens is 170 g/mol. The Hall–Kier alpha value is -0.0400. The van der Waals surface area contributed by atoms with Gasteiger partial charge in [-0.2, -0.15) is 0 Å². The molecule has 0 aromatic rings. The summed E-state index contributed by atoms with van der Waals surface area (Å²) >= 11 is 0. The zero-order valence-electron chi connectivity index (χ0n) is 9.97. The quantitative estimate of drug-likeness (QED) is 0.734. The fourth-order valence-electron chi connectivity index (χ4n) is 3.29. The zero-order chi connectivity index (χ0) is 10.4. The fourth-order valence-corrected chi connectivity index (χ4v) is 3.29. The summed E-state index contributed by atoms with van der Waals surface area (Å²) in [6.07, 6.45) is 8.02. The van der Waals surface area contributed by atoms with Gasteiger partial charge >= 0.3 is 0 Å². The first-order chi connectivity index (χ1) is 6.43. The standard InChI is InChI=1S/C13H25N/c1-10-4-6-12(2,3)11(10)5-7-13(14)8-9-13/h10-11H,4-9,14H2,1-3H3. The third kappa shape index (κ3) is 1.98. The molecule has 2 saturated carbocycles. The van der Waals surface area contributed by atoms with Gasteiger partial charge in [-0.25, -0.2) is 0 Å². The highest BCUT2D eigenvalue weighted by Crippen LogP contribution is 2.50. The van der Waals surface area contributed by atoms with E-state index >= 15 is 0 Å². The molecule has 0 aromatic carbocycles. The lowest BCUT2D eigenvalue weighted by Crippen LogP contribution is -2.27. The normalized spacial score (nSPS) is 38.6. The van der Waals surface area contributed by atoms with Gasteiger partial charge < -0.3 is 5.73 Å². The van der Waals surface area contributed by atoms with Crippen molar-refractivity contribution < 1.29 is 0 Å². The van der Waals surface area contributed by atoms with Crippen LogP contribution in [0.25, 0.3) is 0 Å². The molecule has 2 N–H and O–H groups in total. The Bertz CT molecular complexity index is 215. The minimum atomic E-state index is 0.262. The highest BCUT2D eigenvalue weighted by molar-refractivity contribution is 5.00. The van der Waals surface area contributed by atoms with E-state index < -0.39 is 0 Å². The van der Waals surface area contributed by atoms with Crippen molar-refractivity contribution >= 4 is 0 Å². The summed E-state index contributed by atoms with van der Waals surface area (Å²) < 4.78 is 0. The van der Waals surface area contributed by atoms with Crippen LogP contribution in [0.2, 0.25) is 0 Å². The number of hydrogen-bond donors (Lipinski definition) is 1. The topological polar surface area (TPSA) is 26.0 Å². The van der Waals surface area contributed by atoms with Crippen molar-refractivity contribution in [1.82, 2.24) is 0 Å². The highest BCUT2D eigenvalue weighted by atomic mass is 14.8. The lowest BCUT2D eigenvalue weighted by Gasteiger charge is -2.30. The molecular formula is C13H25N. The van der Waals surface area contributed by atoms with Gasteiger partial charge in [-0.3, -0.25) is 0 Å². The third-order valence-corrected chi connectivity index (χ3v) is 4.78. The predicted octanol–water partition coefficient (Wildman–Crippen LogP) is 3.33. The van der Waals surface area contributed by atoms with Crippen molar-refractivity contribution in [3.05, 3.63) is 0 Å². The van der Waals surface area contributed by atoms with E-state index in [1.165, 1.54) is 38.5 Å². The molecule has 0 aromatic heterocycles. The Balaban J connectivity index is 1.88. The van der Waals surface area contributed by atoms with Gasteiger partial charge in [0.2, 0.25) is 0 Å². The van der Waals surface area contributed by atoms with Gasteiger partial charge in [0.25, 0.3) is 0 Å². The van der Waals surface area contributed by atoms with Crippen LogP contribution >= 0.6 is 0 Å². The van der Waals surface area contributed by atoms with E-state index in [0.29, 0.717) is 5.41 Å². The van der Waals surface area contributed by atoms with Crippen molar-refractivity contribution in [2.75, 3.05) is 0 Å². The van der Waals surface area contributed by atoms with Gasteiger partial charge in [0, 0.05) is 5.54 Å². The first-order valence-corrected chi connectivity index (χ1v) is 6.22. The van der Waals surface area contributed by atoms with Crippen molar-refractivity contribution in [3.8, 4) is 0 Å². The Morgan fingerprint density at radius 1 is 1.21 bits per heavy atom. The molecule has 2 fully saturated rings. The largest absolute Gasteiger partial charge is 0.325 e. The maximum Gasteiger partial charge on any atom is 0.0155 e. The van der Waals surface area contributed by atoms with E-state index in [2.05, 4.69) is 20.8 Å². The van der Waals surface area contributed by atoms with E-state index in [0.717, 1.165) is 11.8 Å². The number of rotatable bonds is 3. The molecule has 0 heterocycles. The molecule has 0 amide bonds. The van der Waals surface area contributed by atoms with Gasteiger partial charge in [-0.15, -0.1) is 0 Å². The van der Waals surface area contributed by atoms with Crippen LogP contribution in [0.5, 0.6) is 0 Å². The van der Waals surface area contributed by atoms with Crippen molar-refractivity contribution in [2.45, 2.75) is 64.8 Å². The molecule has 0 saturated heterocycles. The molecule has 0 spiro atoms. The van der Waals surface area contributed by atoms with Gasteiger partial charge in [0.15, 0.2) is 0 Å². The van der Waals surface area contributed by atoms with Crippen LogP contribution in [0.4, 0.5) is 0 Å². The van der Waals surface area contributed by atoms with Crippen molar-refractivity contribution in [2.24, 2.45) is 23.0 Å². The molecule has 0 radical (unpaired) electrons. The summed E-state index contributed by atoms with van der Waals surface area (Å²) in [6.45, 7) is 7.31. The summed E-state index contributed by atoms with van der Waals surface area (Å²) in [5.41, 5.74) is 7.00. The second-order valence-electron chi connectivity index (χ2n) is 6.51. The Labute approximate surface area is 88.4 Å². The van der Waals surface area contributed by atoms with Gasteiger partial charge in [-0.05, 0) is 55.8 Å². The fraction of sp³-hybridized carbons (Fsp3) is 1.00.